The highest BCUT2D eigenvalue weighted by atomic mass is 35.5. The minimum atomic E-state index is -0.0802. The molecule has 0 amide bonds. The largest absolute Gasteiger partial charge is 0.295 e. The van der Waals surface area contributed by atoms with Gasteiger partial charge in [0.25, 0.3) is 0 Å². The van der Waals surface area contributed by atoms with Crippen molar-refractivity contribution >= 4 is 87.0 Å². The monoisotopic (exact) mass is 564 g/mol. The highest BCUT2D eigenvalue weighted by Crippen LogP contribution is 2.22. The van der Waals surface area contributed by atoms with Crippen molar-refractivity contribution in [2.45, 2.75) is 13.8 Å². The lowest BCUT2D eigenvalue weighted by atomic mass is 10.1. The maximum Gasteiger partial charge on any atom is 0.177 e. The molecule has 0 fully saturated rings. The summed E-state index contributed by atoms with van der Waals surface area (Å²) in [5, 5.41) is 2.48. The maximum atomic E-state index is 10.9. The van der Waals surface area contributed by atoms with E-state index in [0.717, 1.165) is 0 Å². The van der Waals surface area contributed by atoms with Crippen molar-refractivity contribution < 1.29 is 14.4 Å². The van der Waals surface area contributed by atoms with Gasteiger partial charge in [-0.15, -0.1) is 11.6 Å². The molecule has 3 nitrogen and oxygen atoms in total. The minimum Gasteiger partial charge on any atom is -0.295 e. The molecule has 9 heteroatoms. The van der Waals surface area contributed by atoms with Gasteiger partial charge in [-0.1, -0.05) is 58.0 Å². The highest BCUT2D eigenvalue weighted by molar-refractivity contribution is 6.42. The van der Waals surface area contributed by atoms with Crippen molar-refractivity contribution in [1.82, 2.24) is 0 Å². The van der Waals surface area contributed by atoms with Gasteiger partial charge >= 0.3 is 0 Å². The van der Waals surface area contributed by atoms with Crippen LogP contribution in [0.15, 0.2) is 60.7 Å². The molecule has 0 aliphatic rings. The molecule has 0 unspecified atom stereocenters. The number of rotatable bonds is 4. The average molecular weight is 567 g/mol. The average Bonchev–Trinajstić information content (AvgIpc) is 2.75. The first-order valence-electron chi connectivity index (χ1n) is 9.22. The molecule has 0 N–H and O–H groups in total. The van der Waals surface area contributed by atoms with Crippen LogP contribution in [-0.4, -0.2) is 23.2 Å². The molecule has 0 radical (unpaired) electrons. The number of hydrogen-bond acceptors (Lipinski definition) is 3. The van der Waals surface area contributed by atoms with Crippen molar-refractivity contribution in [2.75, 3.05) is 5.88 Å². The van der Waals surface area contributed by atoms with Gasteiger partial charge < -0.3 is 0 Å². The van der Waals surface area contributed by atoms with Gasteiger partial charge in [-0.3, -0.25) is 14.4 Å². The summed E-state index contributed by atoms with van der Waals surface area (Å²) in [4.78, 5) is 32.6. The fraction of sp³-hybridized carbons (Fsp3) is 0.125. The predicted octanol–water partition coefficient (Wildman–Crippen LogP) is 9.15. The lowest BCUT2D eigenvalue weighted by Crippen LogP contribution is -1.98. The lowest BCUT2D eigenvalue weighted by molar-refractivity contribution is 0.100. The molecule has 0 bridgehead atoms. The van der Waals surface area contributed by atoms with E-state index in [-0.39, 0.29) is 23.2 Å². The summed E-state index contributed by atoms with van der Waals surface area (Å²) in [5.74, 6) is -0.108. The van der Waals surface area contributed by atoms with Crippen LogP contribution in [0.25, 0.3) is 0 Å². The molecule has 0 aliphatic carbocycles. The Hall–Kier alpha value is -1.59. The molecule has 0 saturated carbocycles. The first kappa shape index (κ1) is 29.4. The van der Waals surface area contributed by atoms with E-state index in [9.17, 15) is 14.4 Å². The van der Waals surface area contributed by atoms with E-state index in [1.807, 2.05) is 0 Å². The molecule has 0 saturated heterocycles. The van der Waals surface area contributed by atoms with Gasteiger partial charge in [0.05, 0.1) is 15.9 Å². The Labute approximate surface area is 222 Å². The van der Waals surface area contributed by atoms with Crippen LogP contribution in [0.5, 0.6) is 0 Å². The Bertz CT molecular complexity index is 1110. The van der Waals surface area contributed by atoms with Crippen molar-refractivity contribution in [1.29, 1.82) is 0 Å². The maximum absolute atomic E-state index is 10.9. The van der Waals surface area contributed by atoms with Crippen molar-refractivity contribution in [3.05, 3.63) is 102 Å². The summed E-state index contributed by atoms with van der Waals surface area (Å²) in [6.45, 7) is 2.96. The fourth-order valence-electron chi connectivity index (χ4n) is 2.19. The smallest absolute Gasteiger partial charge is 0.177 e. The van der Waals surface area contributed by atoms with Gasteiger partial charge in [0.15, 0.2) is 17.3 Å². The van der Waals surface area contributed by atoms with Crippen LogP contribution in [-0.2, 0) is 0 Å². The fourth-order valence-corrected chi connectivity index (χ4v) is 3.29. The zero-order chi connectivity index (χ0) is 25.1. The Kier molecular flexibility index (Phi) is 13.0. The third kappa shape index (κ3) is 10.9. The van der Waals surface area contributed by atoms with Gasteiger partial charge in [0.2, 0.25) is 0 Å². The van der Waals surface area contributed by atoms with Crippen molar-refractivity contribution in [2.24, 2.45) is 0 Å². The topological polar surface area (TPSA) is 51.2 Å². The number of alkyl halides is 1. The molecule has 3 aromatic rings. The van der Waals surface area contributed by atoms with Gasteiger partial charge in [-0.05, 0) is 74.5 Å². The summed E-state index contributed by atoms with van der Waals surface area (Å²) in [5.41, 5.74) is 1.73. The van der Waals surface area contributed by atoms with Gasteiger partial charge in [0.1, 0.15) is 0 Å². The molecule has 0 atom stereocenters. The second-order valence-corrected chi connectivity index (χ2v) is 8.85. The summed E-state index contributed by atoms with van der Waals surface area (Å²) >= 11 is 33.6. The SMILES string of the molecule is CC(=O)c1cc(Cl)cc(Cl)c1.CC(=O)c1ccc(Cl)c(Cl)c1.O=C(CCl)c1ccc(Cl)cc1. The molecule has 0 aromatic heterocycles. The van der Waals surface area contributed by atoms with Crippen LogP contribution < -0.4 is 0 Å². The third-order valence-corrected chi connectivity index (χ3v) is 5.55. The molecule has 33 heavy (non-hydrogen) atoms. The number of Topliss-reactive ketones (excluding diaryl/α,β-unsaturated/α-hetero) is 3. The van der Waals surface area contributed by atoms with Crippen molar-refractivity contribution in [3.8, 4) is 0 Å². The number of benzene rings is 3. The molecule has 0 aliphatic heterocycles. The quantitative estimate of drug-likeness (QED) is 0.234. The molecule has 3 rings (SSSR count). The van der Waals surface area contributed by atoms with E-state index >= 15 is 0 Å². The summed E-state index contributed by atoms with van der Waals surface area (Å²) < 4.78 is 0. The zero-order valence-corrected chi connectivity index (χ0v) is 22.0. The molecule has 3 aromatic carbocycles. The van der Waals surface area contributed by atoms with Gasteiger partial charge in [0, 0.05) is 31.8 Å². The van der Waals surface area contributed by atoms with E-state index < -0.39 is 0 Å². The molecule has 0 heterocycles. The normalized spacial score (nSPS) is 9.70. The number of carbonyl (C=O) groups excluding carboxylic acids is 3. The van der Waals surface area contributed by atoms with Crippen LogP contribution in [0.2, 0.25) is 25.1 Å². The van der Waals surface area contributed by atoms with Crippen LogP contribution in [0.4, 0.5) is 0 Å². The summed E-state index contributed by atoms with van der Waals surface area (Å²) in [6, 6.07) is 16.3. The molecule has 174 valence electrons. The first-order valence-corrected chi connectivity index (χ1v) is 11.6. The van der Waals surface area contributed by atoms with Crippen LogP contribution in [0, 0.1) is 0 Å². The molecular weight excluding hydrogens is 549 g/mol. The van der Waals surface area contributed by atoms with Crippen LogP contribution >= 0.6 is 69.6 Å². The second kappa shape index (κ2) is 14.6. The van der Waals surface area contributed by atoms with E-state index in [4.69, 9.17) is 69.6 Å². The Morgan fingerprint density at radius 3 is 1.48 bits per heavy atom. The number of carbonyl (C=O) groups is 3. The van der Waals surface area contributed by atoms with E-state index in [1.54, 1.807) is 60.7 Å². The minimum absolute atomic E-state index is 0.0106. The van der Waals surface area contributed by atoms with Gasteiger partial charge in [-0.25, -0.2) is 0 Å². The van der Waals surface area contributed by atoms with Gasteiger partial charge in [-0.2, -0.15) is 0 Å². The number of ketones is 3. The number of hydrogen-bond donors (Lipinski definition) is 0. The Morgan fingerprint density at radius 2 is 1.06 bits per heavy atom. The lowest BCUT2D eigenvalue weighted by Gasteiger charge is -1.97. The van der Waals surface area contributed by atoms with E-state index in [0.29, 0.717) is 41.8 Å². The van der Waals surface area contributed by atoms with Crippen LogP contribution in [0.1, 0.15) is 44.9 Å². The standard InChI is InChI=1S/3C8H6Cl2O/c1-5(11)6-2-7(9)4-8(10)3-6;1-5(11)6-2-3-7(9)8(10)4-6;9-5-8(11)6-1-3-7(10)4-2-6/h2*2-4H,1H3;1-4H,5H2. The summed E-state index contributed by atoms with van der Waals surface area (Å²) in [7, 11) is 0. The second-order valence-electron chi connectivity index (χ2n) is 6.46. The highest BCUT2D eigenvalue weighted by Gasteiger charge is 2.03. The first-order chi connectivity index (χ1) is 15.4. The summed E-state index contributed by atoms with van der Waals surface area (Å²) in [6.07, 6.45) is 0. The van der Waals surface area contributed by atoms with Crippen molar-refractivity contribution in [3.63, 3.8) is 0 Å². The predicted molar refractivity (Wildman–Crippen MR) is 139 cm³/mol. The third-order valence-electron chi connectivity index (χ3n) is 3.88. The Morgan fingerprint density at radius 1 is 0.576 bits per heavy atom. The van der Waals surface area contributed by atoms with E-state index in [1.165, 1.54) is 13.8 Å². The zero-order valence-electron chi connectivity index (χ0n) is 17.5. The number of halogens is 6. The Balaban J connectivity index is 0.000000247. The molecular formula is C24H18Cl6O3. The van der Waals surface area contributed by atoms with Crippen LogP contribution in [0.3, 0.4) is 0 Å². The van der Waals surface area contributed by atoms with E-state index in [2.05, 4.69) is 0 Å². The molecule has 0 spiro atoms.